The molecule has 1 fully saturated rings. The number of H-pyrrole nitrogens is 1. The molecule has 0 aliphatic carbocycles. The van der Waals surface area contributed by atoms with Gasteiger partial charge in [0.2, 0.25) is 0 Å². The summed E-state index contributed by atoms with van der Waals surface area (Å²) in [7, 11) is -3.36. The fourth-order valence-corrected chi connectivity index (χ4v) is 3.64. The van der Waals surface area contributed by atoms with Crippen LogP contribution in [0.1, 0.15) is 32.0 Å². The molecule has 2 rings (SSSR count). The Morgan fingerprint density at radius 2 is 2.39 bits per heavy atom. The Morgan fingerprint density at radius 1 is 1.56 bits per heavy atom. The first-order chi connectivity index (χ1) is 8.59. The topological polar surface area (TPSA) is 91.0 Å². The van der Waals surface area contributed by atoms with E-state index in [0.717, 1.165) is 19.3 Å². The van der Waals surface area contributed by atoms with E-state index in [1.165, 1.54) is 6.33 Å². The van der Waals surface area contributed by atoms with Crippen LogP contribution in [0.25, 0.3) is 0 Å². The molecule has 102 valence electrons. The highest BCUT2D eigenvalue weighted by Gasteiger charge is 2.28. The number of rotatable bonds is 5. The largest absolute Gasteiger partial charge is 0.279 e. The summed E-state index contributed by atoms with van der Waals surface area (Å²) < 4.78 is 28.3. The number of aromatic nitrogens is 3. The Labute approximate surface area is 107 Å². The first-order valence-electron chi connectivity index (χ1n) is 6.20. The molecule has 2 heterocycles. The summed E-state index contributed by atoms with van der Waals surface area (Å²) in [6.07, 6.45) is 4.90. The van der Waals surface area contributed by atoms with Gasteiger partial charge in [-0.15, -0.1) is 0 Å². The number of piperidine rings is 1. The number of hydrogen-bond donors (Lipinski definition) is 2. The van der Waals surface area contributed by atoms with Gasteiger partial charge in [0.05, 0.1) is 0 Å². The SMILES string of the molecule is CC1CCCCN1S(=O)(=O)NCCc1ncn[nH]1. The van der Waals surface area contributed by atoms with Gasteiger partial charge in [-0.25, -0.2) is 9.71 Å². The maximum atomic E-state index is 12.1. The van der Waals surface area contributed by atoms with Gasteiger partial charge < -0.3 is 0 Å². The van der Waals surface area contributed by atoms with Crippen LogP contribution < -0.4 is 4.72 Å². The molecule has 0 amide bonds. The molecule has 18 heavy (non-hydrogen) atoms. The Bertz CT molecular complexity index is 459. The third-order valence-corrected chi connectivity index (χ3v) is 4.89. The van der Waals surface area contributed by atoms with E-state index in [1.807, 2.05) is 6.92 Å². The second-order valence-corrected chi connectivity index (χ2v) is 6.24. The van der Waals surface area contributed by atoms with Crippen molar-refractivity contribution in [1.29, 1.82) is 0 Å². The lowest BCUT2D eigenvalue weighted by molar-refractivity contribution is 0.265. The Kier molecular flexibility index (Phi) is 4.31. The minimum Gasteiger partial charge on any atom is -0.263 e. The molecule has 1 saturated heterocycles. The van der Waals surface area contributed by atoms with Crippen LogP contribution in [0.5, 0.6) is 0 Å². The molecule has 2 N–H and O–H groups in total. The fourth-order valence-electron chi connectivity index (χ4n) is 2.16. The molecule has 1 atom stereocenters. The zero-order chi connectivity index (χ0) is 13.0. The van der Waals surface area contributed by atoms with Crippen molar-refractivity contribution in [2.75, 3.05) is 13.1 Å². The van der Waals surface area contributed by atoms with E-state index in [1.54, 1.807) is 4.31 Å². The average molecular weight is 273 g/mol. The van der Waals surface area contributed by atoms with Crippen LogP contribution in [0.4, 0.5) is 0 Å². The van der Waals surface area contributed by atoms with Gasteiger partial charge in [-0.05, 0) is 19.8 Å². The predicted octanol–water partition coefficient (Wildman–Crippen LogP) is 0.0560. The lowest BCUT2D eigenvalue weighted by Gasteiger charge is -2.32. The van der Waals surface area contributed by atoms with Crippen molar-refractivity contribution in [2.45, 2.75) is 38.6 Å². The van der Waals surface area contributed by atoms with Crippen LogP contribution in [-0.2, 0) is 16.6 Å². The average Bonchev–Trinajstić information content (AvgIpc) is 2.82. The van der Waals surface area contributed by atoms with Gasteiger partial charge in [0.15, 0.2) is 0 Å². The monoisotopic (exact) mass is 273 g/mol. The van der Waals surface area contributed by atoms with E-state index in [4.69, 9.17) is 0 Å². The van der Waals surface area contributed by atoms with Crippen LogP contribution in [0.3, 0.4) is 0 Å². The van der Waals surface area contributed by atoms with Gasteiger partial charge >= 0.3 is 0 Å². The van der Waals surface area contributed by atoms with Gasteiger partial charge in [-0.1, -0.05) is 6.42 Å². The van der Waals surface area contributed by atoms with Crippen molar-refractivity contribution >= 4 is 10.2 Å². The number of aromatic amines is 1. The van der Waals surface area contributed by atoms with Crippen LogP contribution in [0.2, 0.25) is 0 Å². The molecule has 1 aliphatic heterocycles. The summed E-state index contributed by atoms with van der Waals surface area (Å²) in [4.78, 5) is 3.95. The molecule has 8 heteroatoms. The molecule has 1 aromatic rings. The normalized spacial score (nSPS) is 22.2. The van der Waals surface area contributed by atoms with Crippen LogP contribution in [0.15, 0.2) is 6.33 Å². The van der Waals surface area contributed by atoms with E-state index in [2.05, 4.69) is 19.9 Å². The summed E-state index contributed by atoms with van der Waals surface area (Å²) in [6, 6.07) is 0.0847. The molecule has 1 unspecified atom stereocenters. The summed E-state index contributed by atoms with van der Waals surface area (Å²) in [5.41, 5.74) is 0. The number of nitrogens with one attached hydrogen (secondary N) is 2. The van der Waals surface area contributed by atoms with E-state index < -0.39 is 10.2 Å². The zero-order valence-corrected chi connectivity index (χ0v) is 11.3. The Morgan fingerprint density at radius 3 is 3.06 bits per heavy atom. The number of nitrogens with zero attached hydrogens (tertiary/aromatic N) is 3. The van der Waals surface area contributed by atoms with Crippen molar-refractivity contribution in [3.63, 3.8) is 0 Å². The van der Waals surface area contributed by atoms with Gasteiger partial charge in [0, 0.05) is 25.6 Å². The Balaban J connectivity index is 1.86. The molecular formula is C10H19N5O2S. The summed E-state index contributed by atoms with van der Waals surface area (Å²) >= 11 is 0. The maximum absolute atomic E-state index is 12.1. The molecule has 0 radical (unpaired) electrons. The van der Waals surface area contributed by atoms with Crippen molar-refractivity contribution in [3.05, 3.63) is 12.2 Å². The minimum absolute atomic E-state index is 0.0847. The molecule has 1 aromatic heterocycles. The van der Waals surface area contributed by atoms with E-state index >= 15 is 0 Å². The highest BCUT2D eigenvalue weighted by Crippen LogP contribution is 2.18. The van der Waals surface area contributed by atoms with E-state index in [-0.39, 0.29) is 6.04 Å². The third-order valence-electron chi connectivity index (χ3n) is 3.16. The lowest BCUT2D eigenvalue weighted by Crippen LogP contribution is -2.48. The van der Waals surface area contributed by atoms with Gasteiger partial charge in [0.1, 0.15) is 12.2 Å². The lowest BCUT2D eigenvalue weighted by atomic mass is 10.1. The number of hydrogen-bond acceptors (Lipinski definition) is 4. The summed E-state index contributed by atoms with van der Waals surface area (Å²) in [6.45, 7) is 2.90. The van der Waals surface area contributed by atoms with E-state index in [0.29, 0.717) is 25.3 Å². The standard InChI is InChI=1S/C10H19N5O2S/c1-9-4-2-3-7-15(9)18(16,17)13-6-5-10-11-8-12-14-10/h8-9,13H,2-7H2,1H3,(H,11,12,14). The third kappa shape index (κ3) is 3.27. The van der Waals surface area contributed by atoms with Crippen molar-refractivity contribution in [3.8, 4) is 0 Å². The zero-order valence-electron chi connectivity index (χ0n) is 10.5. The first kappa shape index (κ1) is 13.4. The molecule has 0 spiro atoms. The second-order valence-electron chi connectivity index (χ2n) is 4.54. The molecule has 1 aliphatic rings. The van der Waals surface area contributed by atoms with Gasteiger partial charge in [0.25, 0.3) is 10.2 Å². The van der Waals surface area contributed by atoms with Crippen LogP contribution in [-0.4, -0.2) is 47.0 Å². The van der Waals surface area contributed by atoms with Crippen molar-refractivity contribution in [2.24, 2.45) is 0 Å². The van der Waals surface area contributed by atoms with E-state index in [9.17, 15) is 8.42 Å². The molecular weight excluding hydrogens is 254 g/mol. The Hall–Kier alpha value is -0.990. The first-order valence-corrected chi connectivity index (χ1v) is 7.64. The second kappa shape index (κ2) is 5.77. The van der Waals surface area contributed by atoms with Gasteiger partial charge in [-0.2, -0.15) is 17.8 Å². The van der Waals surface area contributed by atoms with Crippen LogP contribution >= 0.6 is 0 Å². The molecule has 0 bridgehead atoms. The fraction of sp³-hybridized carbons (Fsp3) is 0.800. The highest BCUT2D eigenvalue weighted by molar-refractivity contribution is 7.87. The van der Waals surface area contributed by atoms with Crippen molar-refractivity contribution < 1.29 is 8.42 Å². The molecule has 0 aromatic carbocycles. The van der Waals surface area contributed by atoms with Gasteiger partial charge in [-0.3, -0.25) is 5.10 Å². The smallest absolute Gasteiger partial charge is 0.263 e. The minimum atomic E-state index is -3.36. The predicted molar refractivity (Wildman–Crippen MR) is 67.0 cm³/mol. The van der Waals surface area contributed by atoms with Crippen LogP contribution in [0, 0.1) is 0 Å². The van der Waals surface area contributed by atoms with Crippen molar-refractivity contribution in [1.82, 2.24) is 24.2 Å². The summed E-state index contributed by atoms with van der Waals surface area (Å²) in [5, 5.41) is 6.42. The molecule has 7 nitrogen and oxygen atoms in total. The summed E-state index contributed by atoms with van der Waals surface area (Å²) in [5.74, 6) is 0.685. The highest BCUT2D eigenvalue weighted by atomic mass is 32.2. The molecule has 0 saturated carbocycles. The maximum Gasteiger partial charge on any atom is 0.279 e. The quantitative estimate of drug-likeness (QED) is 0.793.